The third kappa shape index (κ3) is 2.78. The molecular weight excluding hydrogens is 302 g/mol. The predicted octanol–water partition coefficient (Wildman–Crippen LogP) is 2.32. The van der Waals surface area contributed by atoms with Crippen LogP contribution in [0.25, 0.3) is 5.78 Å². The van der Waals surface area contributed by atoms with Crippen LogP contribution in [0.1, 0.15) is 27.6 Å². The van der Waals surface area contributed by atoms with Crippen LogP contribution >= 0.6 is 11.6 Å². The van der Waals surface area contributed by atoms with E-state index in [9.17, 15) is 4.79 Å². The van der Waals surface area contributed by atoms with E-state index in [0.717, 1.165) is 11.4 Å². The number of amides is 1. The molecule has 0 aliphatic carbocycles. The first-order valence-corrected chi connectivity index (χ1v) is 7.14. The van der Waals surface area contributed by atoms with Crippen LogP contribution in [0.15, 0.2) is 30.3 Å². The van der Waals surface area contributed by atoms with Gasteiger partial charge in [0, 0.05) is 22.0 Å². The van der Waals surface area contributed by atoms with Crippen LogP contribution in [0, 0.1) is 13.8 Å². The van der Waals surface area contributed by atoms with Gasteiger partial charge in [-0.05, 0) is 38.1 Å². The number of halogens is 1. The van der Waals surface area contributed by atoms with Crippen molar-refractivity contribution in [3.63, 3.8) is 0 Å². The van der Waals surface area contributed by atoms with Gasteiger partial charge in [0.2, 0.25) is 0 Å². The second-order valence-electron chi connectivity index (χ2n) is 4.98. The molecule has 0 unspecified atom stereocenters. The Labute approximate surface area is 132 Å². The van der Waals surface area contributed by atoms with E-state index >= 15 is 0 Å². The lowest BCUT2D eigenvalue weighted by molar-refractivity contribution is 0.0949. The van der Waals surface area contributed by atoms with Crippen LogP contribution in [0.2, 0.25) is 5.02 Å². The number of benzene rings is 1. The molecule has 7 heteroatoms. The van der Waals surface area contributed by atoms with Crippen molar-refractivity contribution in [1.82, 2.24) is 24.9 Å². The molecule has 0 aliphatic rings. The maximum absolute atomic E-state index is 12.1. The third-order valence-electron chi connectivity index (χ3n) is 3.25. The molecule has 0 fully saturated rings. The summed E-state index contributed by atoms with van der Waals surface area (Å²) in [5.74, 6) is 0.955. The Morgan fingerprint density at radius 3 is 2.86 bits per heavy atom. The number of rotatable bonds is 3. The van der Waals surface area contributed by atoms with Crippen molar-refractivity contribution in [2.75, 3.05) is 0 Å². The molecule has 0 saturated heterocycles. The first kappa shape index (κ1) is 14.5. The number of aromatic nitrogens is 4. The van der Waals surface area contributed by atoms with E-state index in [0.29, 0.717) is 22.2 Å². The molecule has 2 heterocycles. The molecule has 112 valence electrons. The lowest BCUT2D eigenvalue weighted by atomic mass is 10.2. The molecular formula is C15H14ClN5O. The summed E-state index contributed by atoms with van der Waals surface area (Å²) in [4.78, 5) is 16.4. The number of fused-ring (bicyclic) bond motifs is 1. The number of hydrogen-bond donors (Lipinski definition) is 1. The van der Waals surface area contributed by atoms with Crippen LogP contribution < -0.4 is 5.32 Å². The lowest BCUT2D eigenvalue weighted by Gasteiger charge is -2.06. The van der Waals surface area contributed by atoms with Gasteiger partial charge in [-0.25, -0.2) is 4.98 Å². The van der Waals surface area contributed by atoms with Crippen molar-refractivity contribution < 1.29 is 4.79 Å². The van der Waals surface area contributed by atoms with Crippen LogP contribution in [0.5, 0.6) is 0 Å². The third-order valence-corrected chi connectivity index (χ3v) is 3.49. The molecule has 3 aromatic rings. The van der Waals surface area contributed by atoms with E-state index in [2.05, 4.69) is 20.5 Å². The van der Waals surface area contributed by atoms with Gasteiger partial charge in [0.05, 0.1) is 6.54 Å². The second kappa shape index (κ2) is 5.73. The minimum absolute atomic E-state index is 0.211. The summed E-state index contributed by atoms with van der Waals surface area (Å²) >= 11 is 5.89. The fraction of sp³-hybridized carbons (Fsp3) is 0.200. The number of carbonyl (C=O) groups is 1. The van der Waals surface area contributed by atoms with Crippen LogP contribution in [0.4, 0.5) is 0 Å². The Hall–Kier alpha value is -2.47. The number of aryl methyl sites for hydroxylation is 2. The summed E-state index contributed by atoms with van der Waals surface area (Å²) in [6.45, 7) is 4.12. The zero-order valence-corrected chi connectivity index (χ0v) is 12.9. The van der Waals surface area contributed by atoms with E-state index < -0.39 is 0 Å². The molecule has 3 rings (SSSR count). The highest BCUT2D eigenvalue weighted by atomic mass is 35.5. The van der Waals surface area contributed by atoms with Crippen LogP contribution in [0.3, 0.4) is 0 Å². The van der Waals surface area contributed by atoms with Gasteiger partial charge in [-0.15, -0.1) is 10.2 Å². The summed E-state index contributed by atoms with van der Waals surface area (Å²) in [6, 6.07) is 8.73. The minimum Gasteiger partial charge on any atom is -0.345 e. The predicted molar refractivity (Wildman–Crippen MR) is 82.9 cm³/mol. The zero-order valence-electron chi connectivity index (χ0n) is 12.2. The maximum Gasteiger partial charge on any atom is 0.255 e. The number of nitrogens with zero attached hydrogens (tertiary/aromatic N) is 4. The van der Waals surface area contributed by atoms with Crippen molar-refractivity contribution in [3.8, 4) is 0 Å². The topological polar surface area (TPSA) is 72.2 Å². The summed E-state index contributed by atoms with van der Waals surface area (Å²) in [5.41, 5.74) is 2.36. The van der Waals surface area contributed by atoms with Gasteiger partial charge in [0.15, 0.2) is 5.82 Å². The molecule has 0 aliphatic heterocycles. The first-order valence-electron chi connectivity index (χ1n) is 6.76. The Balaban J connectivity index is 1.81. The molecule has 0 radical (unpaired) electrons. The molecule has 0 saturated carbocycles. The molecule has 0 atom stereocenters. The molecule has 0 spiro atoms. The molecule has 1 N–H and O–H groups in total. The highest BCUT2D eigenvalue weighted by Gasteiger charge is 2.12. The van der Waals surface area contributed by atoms with E-state index in [-0.39, 0.29) is 12.5 Å². The van der Waals surface area contributed by atoms with Crippen LogP contribution in [-0.2, 0) is 6.54 Å². The van der Waals surface area contributed by atoms with Gasteiger partial charge in [-0.2, -0.15) is 0 Å². The fourth-order valence-corrected chi connectivity index (χ4v) is 2.49. The fourth-order valence-electron chi connectivity index (χ4n) is 2.30. The van der Waals surface area contributed by atoms with Crippen molar-refractivity contribution in [1.29, 1.82) is 0 Å². The average molecular weight is 316 g/mol. The molecule has 2 aromatic heterocycles. The van der Waals surface area contributed by atoms with Gasteiger partial charge >= 0.3 is 0 Å². The highest BCUT2D eigenvalue weighted by Crippen LogP contribution is 2.11. The lowest BCUT2D eigenvalue weighted by Crippen LogP contribution is -2.24. The van der Waals surface area contributed by atoms with Crippen molar-refractivity contribution >= 4 is 23.3 Å². The Bertz CT molecular complexity index is 858. The maximum atomic E-state index is 12.1. The van der Waals surface area contributed by atoms with E-state index in [1.807, 2.05) is 24.3 Å². The van der Waals surface area contributed by atoms with Crippen molar-refractivity contribution in [2.45, 2.75) is 20.4 Å². The van der Waals surface area contributed by atoms with E-state index in [1.165, 1.54) is 0 Å². The summed E-state index contributed by atoms with van der Waals surface area (Å²) in [7, 11) is 0. The quantitative estimate of drug-likeness (QED) is 0.805. The van der Waals surface area contributed by atoms with Crippen LogP contribution in [-0.4, -0.2) is 25.5 Å². The normalized spacial score (nSPS) is 10.9. The Morgan fingerprint density at radius 1 is 1.27 bits per heavy atom. The van der Waals surface area contributed by atoms with Gasteiger partial charge in [0.25, 0.3) is 11.7 Å². The van der Waals surface area contributed by atoms with Crippen molar-refractivity contribution in [2.24, 2.45) is 0 Å². The Kier molecular flexibility index (Phi) is 3.77. The zero-order chi connectivity index (χ0) is 15.7. The van der Waals surface area contributed by atoms with Gasteiger partial charge in [-0.3, -0.25) is 9.20 Å². The molecule has 1 aromatic carbocycles. The SMILES string of the molecule is Cc1cc(C)n2c(CNC(=O)c3cccc(Cl)c3)nnc2n1. The smallest absolute Gasteiger partial charge is 0.255 e. The highest BCUT2D eigenvalue weighted by molar-refractivity contribution is 6.30. The largest absolute Gasteiger partial charge is 0.345 e. The summed E-state index contributed by atoms with van der Waals surface area (Å²) in [5, 5.41) is 11.5. The number of nitrogens with one attached hydrogen (secondary N) is 1. The van der Waals surface area contributed by atoms with Gasteiger partial charge < -0.3 is 5.32 Å². The summed E-state index contributed by atoms with van der Waals surface area (Å²) in [6.07, 6.45) is 0. The Morgan fingerprint density at radius 2 is 2.09 bits per heavy atom. The second-order valence-corrected chi connectivity index (χ2v) is 5.42. The van der Waals surface area contributed by atoms with E-state index in [4.69, 9.17) is 11.6 Å². The first-order chi connectivity index (χ1) is 10.5. The molecule has 0 bridgehead atoms. The number of carbonyl (C=O) groups excluding carboxylic acids is 1. The molecule has 22 heavy (non-hydrogen) atoms. The summed E-state index contributed by atoms with van der Waals surface area (Å²) < 4.78 is 1.82. The molecule has 6 nitrogen and oxygen atoms in total. The minimum atomic E-state index is -0.211. The number of hydrogen-bond acceptors (Lipinski definition) is 4. The van der Waals surface area contributed by atoms with Gasteiger partial charge in [-0.1, -0.05) is 17.7 Å². The van der Waals surface area contributed by atoms with Gasteiger partial charge in [0.1, 0.15) is 0 Å². The standard InChI is InChI=1S/C15H14ClN5O/c1-9-6-10(2)21-13(19-20-15(21)18-9)8-17-14(22)11-4-3-5-12(16)7-11/h3-7H,8H2,1-2H3,(H,17,22). The molecule has 1 amide bonds. The van der Waals surface area contributed by atoms with E-state index in [1.54, 1.807) is 24.3 Å². The van der Waals surface area contributed by atoms with Crippen molar-refractivity contribution in [3.05, 3.63) is 58.1 Å². The average Bonchev–Trinajstić information content (AvgIpc) is 2.88. The monoisotopic (exact) mass is 315 g/mol.